The molecule has 0 saturated heterocycles. The van der Waals surface area contributed by atoms with Crippen molar-refractivity contribution in [2.24, 2.45) is 5.73 Å². The maximum Gasteiger partial charge on any atom is 0.248 e. The van der Waals surface area contributed by atoms with Crippen molar-refractivity contribution in [1.82, 2.24) is 0 Å². The molecule has 1 amide bonds. The Morgan fingerprint density at radius 1 is 1.00 bits per heavy atom. The Bertz CT molecular complexity index is 559. The van der Waals surface area contributed by atoms with Gasteiger partial charge in [0.05, 0.1) is 0 Å². The summed E-state index contributed by atoms with van der Waals surface area (Å²) in [5, 5.41) is 0. The summed E-state index contributed by atoms with van der Waals surface area (Å²) in [6, 6.07) is 14.2. The van der Waals surface area contributed by atoms with Crippen LogP contribution in [0, 0.1) is 0 Å². The summed E-state index contributed by atoms with van der Waals surface area (Å²) in [6.07, 6.45) is 0.795. The molecule has 0 aliphatic heterocycles. The highest BCUT2D eigenvalue weighted by Gasteiger charge is 2.03. The van der Waals surface area contributed by atoms with Crippen molar-refractivity contribution in [2.45, 2.75) is 0 Å². The van der Waals surface area contributed by atoms with Crippen molar-refractivity contribution in [3.63, 3.8) is 0 Å². The molecule has 0 saturated carbocycles. The number of rotatable bonds is 3. The Balaban J connectivity index is 2.41. The number of primary amides is 1. The van der Waals surface area contributed by atoms with E-state index in [1.807, 2.05) is 18.2 Å². The molecule has 0 radical (unpaired) electrons. The number of carbonyl (C=O) groups is 2. The minimum absolute atomic E-state index is 0.448. The van der Waals surface area contributed by atoms with Gasteiger partial charge in [-0.3, -0.25) is 9.59 Å². The van der Waals surface area contributed by atoms with Gasteiger partial charge in [0.2, 0.25) is 5.91 Å². The van der Waals surface area contributed by atoms with Gasteiger partial charge in [-0.2, -0.15) is 0 Å². The molecule has 0 fully saturated rings. The quantitative estimate of drug-likeness (QED) is 0.814. The number of benzene rings is 2. The van der Waals surface area contributed by atoms with Crippen molar-refractivity contribution < 1.29 is 9.59 Å². The summed E-state index contributed by atoms with van der Waals surface area (Å²) in [5.41, 5.74) is 8.16. The lowest BCUT2D eigenvalue weighted by molar-refractivity contribution is 0.1000. The molecule has 0 spiro atoms. The Labute approximate surface area is 98.9 Å². The average Bonchev–Trinajstić information content (AvgIpc) is 2.39. The van der Waals surface area contributed by atoms with Crippen LogP contribution in [0.3, 0.4) is 0 Å². The zero-order valence-electron chi connectivity index (χ0n) is 9.09. The Kier molecular flexibility index (Phi) is 3.01. The molecule has 17 heavy (non-hydrogen) atoms. The smallest absolute Gasteiger partial charge is 0.248 e. The molecule has 0 aromatic heterocycles. The number of nitrogens with two attached hydrogens (primary N) is 1. The van der Waals surface area contributed by atoms with E-state index in [0.29, 0.717) is 11.1 Å². The second-order valence-electron chi connectivity index (χ2n) is 3.68. The Hall–Kier alpha value is -2.42. The van der Waals surface area contributed by atoms with E-state index in [9.17, 15) is 9.59 Å². The largest absolute Gasteiger partial charge is 0.366 e. The highest BCUT2D eigenvalue weighted by Crippen LogP contribution is 2.20. The van der Waals surface area contributed by atoms with Crippen LogP contribution in [0.2, 0.25) is 0 Å². The molecule has 2 aromatic carbocycles. The van der Waals surface area contributed by atoms with Crippen LogP contribution in [-0.4, -0.2) is 12.2 Å². The van der Waals surface area contributed by atoms with E-state index in [4.69, 9.17) is 5.73 Å². The third kappa shape index (κ3) is 2.39. The average molecular weight is 225 g/mol. The normalized spacial score (nSPS) is 9.88. The standard InChI is InChI=1S/C14H11NO2/c15-14(17)13-3-1-2-12(8-13)11-6-4-10(9-16)5-7-11/h1-9H,(H2,15,17). The van der Waals surface area contributed by atoms with Crippen molar-refractivity contribution >= 4 is 12.2 Å². The number of hydrogen-bond acceptors (Lipinski definition) is 2. The molecular weight excluding hydrogens is 214 g/mol. The van der Waals surface area contributed by atoms with Gasteiger partial charge in [0.1, 0.15) is 6.29 Å². The molecule has 84 valence electrons. The minimum atomic E-state index is -0.448. The maximum absolute atomic E-state index is 11.1. The van der Waals surface area contributed by atoms with Crippen LogP contribution in [0.5, 0.6) is 0 Å². The van der Waals surface area contributed by atoms with E-state index in [0.717, 1.165) is 17.4 Å². The highest BCUT2D eigenvalue weighted by molar-refractivity contribution is 5.94. The second-order valence-corrected chi connectivity index (χ2v) is 3.68. The predicted octanol–water partition coefficient (Wildman–Crippen LogP) is 2.27. The lowest BCUT2D eigenvalue weighted by atomic mass is 10.0. The van der Waals surface area contributed by atoms with Gasteiger partial charge in [-0.15, -0.1) is 0 Å². The summed E-state index contributed by atoms with van der Waals surface area (Å²) >= 11 is 0. The Morgan fingerprint density at radius 2 is 1.71 bits per heavy atom. The van der Waals surface area contributed by atoms with Crippen LogP contribution in [-0.2, 0) is 0 Å². The third-order valence-electron chi connectivity index (χ3n) is 2.53. The summed E-state index contributed by atoms with van der Waals surface area (Å²) in [4.78, 5) is 21.6. The van der Waals surface area contributed by atoms with Gasteiger partial charge in [0, 0.05) is 11.1 Å². The van der Waals surface area contributed by atoms with Crippen LogP contribution < -0.4 is 5.73 Å². The fourth-order valence-corrected chi connectivity index (χ4v) is 1.61. The molecule has 0 aliphatic rings. The molecule has 3 heteroatoms. The molecule has 2 aromatic rings. The van der Waals surface area contributed by atoms with Crippen LogP contribution in [0.25, 0.3) is 11.1 Å². The van der Waals surface area contributed by atoms with Crippen LogP contribution >= 0.6 is 0 Å². The van der Waals surface area contributed by atoms with Gasteiger partial charge in [0.25, 0.3) is 0 Å². The van der Waals surface area contributed by atoms with Crippen molar-refractivity contribution in [2.75, 3.05) is 0 Å². The number of hydrogen-bond donors (Lipinski definition) is 1. The molecule has 0 aliphatic carbocycles. The first-order valence-electron chi connectivity index (χ1n) is 5.16. The van der Waals surface area contributed by atoms with Crippen LogP contribution in [0.4, 0.5) is 0 Å². The van der Waals surface area contributed by atoms with Crippen molar-refractivity contribution in [3.05, 3.63) is 59.7 Å². The summed E-state index contributed by atoms with van der Waals surface area (Å²) in [5.74, 6) is -0.448. The highest BCUT2D eigenvalue weighted by atomic mass is 16.1. The van der Waals surface area contributed by atoms with E-state index >= 15 is 0 Å². The summed E-state index contributed by atoms with van der Waals surface area (Å²) in [7, 11) is 0. The van der Waals surface area contributed by atoms with Gasteiger partial charge in [-0.05, 0) is 23.3 Å². The third-order valence-corrected chi connectivity index (χ3v) is 2.53. The van der Waals surface area contributed by atoms with Gasteiger partial charge < -0.3 is 5.73 Å². The van der Waals surface area contributed by atoms with Gasteiger partial charge in [-0.1, -0.05) is 36.4 Å². The molecule has 0 atom stereocenters. The molecule has 0 unspecified atom stereocenters. The lowest BCUT2D eigenvalue weighted by Crippen LogP contribution is -2.10. The molecular formula is C14H11NO2. The molecule has 2 N–H and O–H groups in total. The van der Waals surface area contributed by atoms with E-state index in [1.54, 1.807) is 30.3 Å². The molecule has 2 rings (SSSR count). The number of carbonyl (C=O) groups excluding carboxylic acids is 2. The van der Waals surface area contributed by atoms with Crippen LogP contribution in [0.15, 0.2) is 48.5 Å². The van der Waals surface area contributed by atoms with Crippen molar-refractivity contribution in [1.29, 1.82) is 0 Å². The predicted molar refractivity (Wildman–Crippen MR) is 65.8 cm³/mol. The molecule has 0 bridgehead atoms. The second kappa shape index (κ2) is 4.61. The monoisotopic (exact) mass is 225 g/mol. The summed E-state index contributed by atoms with van der Waals surface area (Å²) < 4.78 is 0. The first kappa shape index (κ1) is 11.1. The van der Waals surface area contributed by atoms with E-state index < -0.39 is 5.91 Å². The maximum atomic E-state index is 11.1. The van der Waals surface area contributed by atoms with E-state index in [2.05, 4.69) is 0 Å². The zero-order valence-corrected chi connectivity index (χ0v) is 9.09. The van der Waals surface area contributed by atoms with Gasteiger partial charge in [0.15, 0.2) is 0 Å². The zero-order chi connectivity index (χ0) is 12.3. The number of amides is 1. The summed E-state index contributed by atoms with van der Waals surface area (Å²) in [6.45, 7) is 0. The molecule has 3 nitrogen and oxygen atoms in total. The first-order valence-corrected chi connectivity index (χ1v) is 5.16. The molecule has 0 heterocycles. The number of aldehydes is 1. The Morgan fingerprint density at radius 3 is 2.29 bits per heavy atom. The fraction of sp³-hybridized carbons (Fsp3) is 0. The van der Waals surface area contributed by atoms with Crippen LogP contribution in [0.1, 0.15) is 20.7 Å². The van der Waals surface area contributed by atoms with E-state index in [-0.39, 0.29) is 0 Å². The minimum Gasteiger partial charge on any atom is -0.366 e. The lowest BCUT2D eigenvalue weighted by Gasteiger charge is -2.03. The van der Waals surface area contributed by atoms with Gasteiger partial charge in [-0.25, -0.2) is 0 Å². The SMILES string of the molecule is NC(=O)c1cccc(-c2ccc(C=O)cc2)c1. The van der Waals surface area contributed by atoms with E-state index in [1.165, 1.54) is 0 Å². The van der Waals surface area contributed by atoms with Gasteiger partial charge >= 0.3 is 0 Å². The topological polar surface area (TPSA) is 60.2 Å². The fourth-order valence-electron chi connectivity index (χ4n) is 1.61. The first-order chi connectivity index (χ1) is 8.20. The van der Waals surface area contributed by atoms with Crippen molar-refractivity contribution in [3.8, 4) is 11.1 Å².